The Morgan fingerprint density at radius 2 is 1.94 bits per heavy atom. The zero-order valence-corrected chi connectivity index (χ0v) is 20.5. The third kappa shape index (κ3) is 4.91. The summed E-state index contributed by atoms with van der Waals surface area (Å²) in [6.07, 6.45) is 5.92. The zero-order valence-electron chi connectivity index (χ0n) is 18.1. The molecular weight excluding hydrogens is 488 g/mol. The van der Waals surface area contributed by atoms with Gasteiger partial charge in [0.2, 0.25) is 4.80 Å². The lowest BCUT2D eigenvalue weighted by Gasteiger charge is -2.17. The Kier molecular flexibility index (Phi) is 7.01. The summed E-state index contributed by atoms with van der Waals surface area (Å²) in [5.41, 5.74) is 4.13. The topological polar surface area (TPSA) is 72.8 Å². The van der Waals surface area contributed by atoms with Gasteiger partial charge in [-0.2, -0.15) is 5.10 Å². The van der Waals surface area contributed by atoms with E-state index in [1.165, 1.54) is 19.3 Å². The highest BCUT2D eigenvalue weighted by atomic mass is 79.9. The van der Waals surface area contributed by atoms with Crippen LogP contribution in [0.2, 0.25) is 0 Å². The molecule has 0 N–H and O–H groups in total. The van der Waals surface area contributed by atoms with E-state index in [-0.39, 0.29) is 10.6 Å². The van der Waals surface area contributed by atoms with E-state index in [1.807, 2.05) is 35.9 Å². The van der Waals surface area contributed by atoms with Crippen molar-refractivity contribution in [2.24, 2.45) is 10.1 Å². The van der Waals surface area contributed by atoms with Crippen molar-refractivity contribution >= 4 is 38.7 Å². The first kappa shape index (κ1) is 22.6. The van der Waals surface area contributed by atoms with Crippen LogP contribution in [0.15, 0.2) is 62.4 Å². The fraction of sp³-hybridized carbons (Fsp3) is 0.333. The summed E-state index contributed by atoms with van der Waals surface area (Å²) < 4.78 is 2.87. The van der Waals surface area contributed by atoms with Crippen LogP contribution in [-0.4, -0.2) is 21.4 Å². The number of nitro benzene ring substituents is 1. The van der Waals surface area contributed by atoms with E-state index in [9.17, 15) is 10.1 Å². The van der Waals surface area contributed by atoms with Crippen molar-refractivity contribution in [3.63, 3.8) is 0 Å². The van der Waals surface area contributed by atoms with Gasteiger partial charge >= 0.3 is 0 Å². The summed E-state index contributed by atoms with van der Waals surface area (Å²) >= 11 is 5.24. The summed E-state index contributed by atoms with van der Waals surface area (Å²) in [4.78, 5) is 17.0. The molecule has 3 aromatic rings. The first-order valence-electron chi connectivity index (χ1n) is 10.7. The van der Waals surface area contributed by atoms with Gasteiger partial charge in [-0.3, -0.25) is 15.1 Å². The Hall–Kier alpha value is -2.58. The highest BCUT2D eigenvalue weighted by molar-refractivity contribution is 9.10. The lowest BCUT2D eigenvalue weighted by atomic mass is 9.96. The molecule has 0 bridgehead atoms. The molecule has 8 heteroatoms. The lowest BCUT2D eigenvalue weighted by Crippen LogP contribution is -2.19. The van der Waals surface area contributed by atoms with E-state index in [1.54, 1.807) is 30.4 Å². The van der Waals surface area contributed by atoms with Crippen molar-refractivity contribution in [3.05, 3.63) is 78.4 Å². The second-order valence-corrected chi connectivity index (χ2v) is 9.75. The van der Waals surface area contributed by atoms with Gasteiger partial charge in [-0.15, -0.1) is 11.3 Å². The quantitative estimate of drug-likeness (QED) is 0.216. The Morgan fingerprint density at radius 3 is 2.66 bits per heavy atom. The van der Waals surface area contributed by atoms with Gasteiger partial charge in [0.25, 0.3) is 5.69 Å². The van der Waals surface area contributed by atoms with Gasteiger partial charge in [-0.05, 0) is 32.8 Å². The third-order valence-electron chi connectivity index (χ3n) is 5.78. The average molecular weight is 513 g/mol. The van der Waals surface area contributed by atoms with Crippen molar-refractivity contribution in [2.45, 2.75) is 52.0 Å². The molecule has 0 atom stereocenters. The smallest absolute Gasteiger partial charge is 0.258 e. The van der Waals surface area contributed by atoms with E-state index in [0.717, 1.165) is 38.9 Å². The maximum atomic E-state index is 11.4. The average Bonchev–Trinajstić information content (AvgIpc) is 3.16. The first-order chi connectivity index (χ1) is 15.4. The molecule has 166 valence electrons. The zero-order chi connectivity index (χ0) is 22.7. The van der Waals surface area contributed by atoms with Crippen molar-refractivity contribution in [1.82, 2.24) is 4.68 Å². The summed E-state index contributed by atoms with van der Waals surface area (Å²) in [5.74, 6) is 0. The minimum atomic E-state index is -0.347. The van der Waals surface area contributed by atoms with E-state index in [4.69, 9.17) is 10.1 Å². The summed E-state index contributed by atoms with van der Waals surface area (Å²) in [5, 5.41) is 18.4. The molecule has 1 aliphatic rings. The molecule has 32 heavy (non-hydrogen) atoms. The first-order valence-corrected chi connectivity index (χ1v) is 12.4. The van der Waals surface area contributed by atoms with Crippen LogP contribution in [0.3, 0.4) is 0 Å². The molecule has 0 aliphatic heterocycles. The number of nitro groups is 1. The van der Waals surface area contributed by atoms with Gasteiger partial charge in [0, 0.05) is 32.6 Å². The van der Waals surface area contributed by atoms with Gasteiger partial charge in [-0.1, -0.05) is 65.5 Å². The van der Waals surface area contributed by atoms with Crippen molar-refractivity contribution in [2.75, 3.05) is 0 Å². The third-order valence-corrected chi connectivity index (χ3v) is 7.30. The number of rotatable bonds is 5. The Labute approximate surface area is 199 Å². The molecule has 1 fully saturated rings. The monoisotopic (exact) mass is 512 g/mol. The van der Waals surface area contributed by atoms with E-state index in [0.29, 0.717) is 17.3 Å². The van der Waals surface area contributed by atoms with Crippen molar-refractivity contribution < 1.29 is 4.92 Å². The molecule has 1 aliphatic carbocycles. The molecule has 6 nitrogen and oxygen atoms in total. The molecule has 0 spiro atoms. The van der Waals surface area contributed by atoms with Crippen molar-refractivity contribution in [1.29, 1.82) is 0 Å². The van der Waals surface area contributed by atoms with E-state index in [2.05, 4.69) is 27.4 Å². The van der Waals surface area contributed by atoms with Gasteiger partial charge in [0.1, 0.15) is 0 Å². The fourth-order valence-electron chi connectivity index (χ4n) is 3.94. The molecule has 2 aromatic carbocycles. The number of benzene rings is 2. The van der Waals surface area contributed by atoms with E-state index < -0.39 is 0 Å². The molecule has 4 rings (SSSR count). The standard InChI is InChI=1S/C24H25BrN4O2S/c1-16-12-13-18(14-22(16)29(30)31)17(2)27-28-23(20-10-6-7-11-21(20)25)15-32-24(28)26-19-8-4-3-5-9-19/h6-7,10-15,19H,3-5,8-9H2,1-2H3. The Morgan fingerprint density at radius 1 is 1.19 bits per heavy atom. The number of hydrogen-bond acceptors (Lipinski definition) is 5. The Bertz CT molecular complexity index is 1240. The lowest BCUT2D eigenvalue weighted by molar-refractivity contribution is -0.385. The van der Waals surface area contributed by atoms with Crippen LogP contribution < -0.4 is 4.80 Å². The number of nitrogens with zero attached hydrogens (tertiary/aromatic N) is 4. The highest BCUT2D eigenvalue weighted by Crippen LogP contribution is 2.29. The molecule has 1 heterocycles. The molecule has 0 radical (unpaired) electrons. The van der Waals surface area contributed by atoms with Crippen LogP contribution in [0.4, 0.5) is 5.69 Å². The molecule has 1 aromatic heterocycles. The number of thiazole rings is 1. The second kappa shape index (κ2) is 9.92. The largest absolute Gasteiger partial charge is 0.272 e. The molecule has 0 saturated heterocycles. The minimum absolute atomic E-state index is 0.102. The summed E-state index contributed by atoms with van der Waals surface area (Å²) in [6, 6.07) is 13.6. The number of aromatic nitrogens is 1. The fourth-order valence-corrected chi connectivity index (χ4v) is 5.33. The predicted molar refractivity (Wildman–Crippen MR) is 133 cm³/mol. The maximum absolute atomic E-state index is 11.4. The molecule has 0 unspecified atom stereocenters. The minimum Gasteiger partial charge on any atom is -0.258 e. The molecule has 0 amide bonds. The summed E-state index contributed by atoms with van der Waals surface area (Å²) in [7, 11) is 0. The predicted octanol–water partition coefficient (Wildman–Crippen LogP) is 6.70. The summed E-state index contributed by atoms with van der Waals surface area (Å²) in [6.45, 7) is 3.63. The number of hydrogen-bond donors (Lipinski definition) is 0. The molecule has 1 saturated carbocycles. The normalized spacial score (nSPS) is 15.8. The van der Waals surface area contributed by atoms with Crippen LogP contribution in [0, 0.1) is 17.0 Å². The number of aryl methyl sites for hydroxylation is 1. The van der Waals surface area contributed by atoms with Gasteiger partial charge in [0.15, 0.2) is 0 Å². The number of halogens is 1. The molecular formula is C24H25BrN4O2S. The van der Waals surface area contributed by atoms with Gasteiger partial charge < -0.3 is 0 Å². The van der Waals surface area contributed by atoms with Crippen LogP contribution in [0.25, 0.3) is 11.3 Å². The Balaban J connectivity index is 1.85. The van der Waals surface area contributed by atoms with Gasteiger partial charge in [-0.25, -0.2) is 4.68 Å². The second-order valence-electron chi connectivity index (χ2n) is 8.06. The van der Waals surface area contributed by atoms with Crippen LogP contribution in [-0.2, 0) is 0 Å². The van der Waals surface area contributed by atoms with Crippen molar-refractivity contribution in [3.8, 4) is 11.3 Å². The van der Waals surface area contributed by atoms with Crippen LogP contribution in [0.1, 0.15) is 50.2 Å². The van der Waals surface area contributed by atoms with Gasteiger partial charge in [0.05, 0.1) is 22.4 Å². The highest BCUT2D eigenvalue weighted by Gasteiger charge is 2.16. The van der Waals surface area contributed by atoms with E-state index >= 15 is 0 Å². The maximum Gasteiger partial charge on any atom is 0.272 e. The van der Waals surface area contributed by atoms with Crippen LogP contribution >= 0.6 is 27.3 Å². The SMILES string of the molecule is CC(=Nn1c(-c2ccccc2Br)csc1=NC1CCCCC1)c1ccc(C)c([N+](=O)[O-])c1. The van der Waals surface area contributed by atoms with Crippen LogP contribution in [0.5, 0.6) is 0 Å².